The van der Waals surface area contributed by atoms with Gasteiger partial charge in [-0.05, 0) is 36.6 Å². The number of carbonyl (C=O) groups excluding carboxylic acids is 1. The average Bonchev–Trinajstić information content (AvgIpc) is 3.35. The summed E-state index contributed by atoms with van der Waals surface area (Å²) in [5.74, 6) is 0.917. The lowest BCUT2D eigenvalue weighted by atomic mass is 10.2. The predicted octanol–water partition coefficient (Wildman–Crippen LogP) is 3.18. The number of carbonyl (C=O) groups is 1. The third-order valence-electron chi connectivity index (χ3n) is 5.64. The van der Waals surface area contributed by atoms with E-state index < -0.39 is 10.0 Å². The van der Waals surface area contributed by atoms with Gasteiger partial charge in [-0.2, -0.15) is 4.31 Å². The summed E-state index contributed by atoms with van der Waals surface area (Å²) in [7, 11) is -3.64. The van der Waals surface area contributed by atoms with E-state index in [2.05, 4.69) is 10.2 Å². The second-order valence-electron chi connectivity index (χ2n) is 7.92. The van der Waals surface area contributed by atoms with Crippen LogP contribution in [-0.4, -0.2) is 63.8 Å². The number of benzene rings is 2. The van der Waals surface area contributed by atoms with E-state index in [1.807, 2.05) is 36.4 Å². The molecule has 0 spiro atoms. The van der Waals surface area contributed by atoms with Crippen LogP contribution in [0.4, 0.5) is 11.4 Å². The van der Waals surface area contributed by atoms with Crippen molar-refractivity contribution in [3.8, 4) is 0 Å². The molecule has 0 radical (unpaired) electrons. The number of rotatable bonds is 8. The van der Waals surface area contributed by atoms with E-state index in [0.29, 0.717) is 37.7 Å². The minimum Gasteiger partial charge on any atom is -0.379 e. The van der Waals surface area contributed by atoms with E-state index in [1.165, 1.54) is 21.6 Å². The van der Waals surface area contributed by atoms with Gasteiger partial charge in [-0.25, -0.2) is 8.42 Å². The van der Waals surface area contributed by atoms with Crippen LogP contribution < -0.4 is 10.2 Å². The number of nitrogens with zero attached hydrogens (tertiary/aromatic N) is 2. The fraction of sp³-hybridized carbons (Fsp3) is 0.435. The second-order valence-corrected chi connectivity index (χ2v) is 10.8. The summed E-state index contributed by atoms with van der Waals surface area (Å²) >= 11 is 1.54. The van der Waals surface area contributed by atoms with Crippen molar-refractivity contribution in [2.24, 2.45) is 0 Å². The van der Waals surface area contributed by atoms with Crippen LogP contribution in [0.3, 0.4) is 0 Å². The van der Waals surface area contributed by atoms with Gasteiger partial charge >= 0.3 is 0 Å². The SMILES string of the molecule is O=C(CSCc1ccccc1)Nc1cc(S(=O)(=O)N2CCOCC2)ccc1N1CCCC1. The molecule has 0 atom stereocenters. The summed E-state index contributed by atoms with van der Waals surface area (Å²) in [6, 6.07) is 15.1. The highest BCUT2D eigenvalue weighted by atomic mass is 32.2. The molecule has 32 heavy (non-hydrogen) atoms. The Bertz CT molecular complexity index is 1020. The molecule has 7 nitrogen and oxygen atoms in total. The molecule has 2 aliphatic heterocycles. The number of sulfonamides is 1. The average molecular weight is 476 g/mol. The molecule has 2 fully saturated rings. The van der Waals surface area contributed by atoms with Crippen LogP contribution in [-0.2, 0) is 25.3 Å². The molecule has 2 aliphatic rings. The zero-order valence-electron chi connectivity index (χ0n) is 18.0. The maximum absolute atomic E-state index is 13.1. The van der Waals surface area contributed by atoms with E-state index in [9.17, 15) is 13.2 Å². The third-order valence-corrected chi connectivity index (χ3v) is 8.54. The number of hydrogen-bond acceptors (Lipinski definition) is 6. The molecule has 2 aromatic rings. The lowest BCUT2D eigenvalue weighted by molar-refractivity contribution is -0.113. The van der Waals surface area contributed by atoms with Gasteiger partial charge in [-0.15, -0.1) is 11.8 Å². The number of anilines is 2. The van der Waals surface area contributed by atoms with Gasteiger partial charge in [0.15, 0.2) is 0 Å². The van der Waals surface area contributed by atoms with Crippen molar-refractivity contribution < 1.29 is 17.9 Å². The monoisotopic (exact) mass is 475 g/mol. The lowest BCUT2D eigenvalue weighted by Gasteiger charge is -2.27. The van der Waals surface area contributed by atoms with Crippen molar-refractivity contribution in [2.45, 2.75) is 23.5 Å². The molecule has 1 amide bonds. The van der Waals surface area contributed by atoms with Crippen LogP contribution in [0.15, 0.2) is 53.4 Å². The van der Waals surface area contributed by atoms with Gasteiger partial charge < -0.3 is 15.0 Å². The topological polar surface area (TPSA) is 79.0 Å². The van der Waals surface area contributed by atoms with Gasteiger partial charge in [-0.3, -0.25) is 4.79 Å². The maximum Gasteiger partial charge on any atom is 0.243 e. The number of hydrogen-bond donors (Lipinski definition) is 1. The lowest BCUT2D eigenvalue weighted by Crippen LogP contribution is -2.40. The maximum atomic E-state index is 13.1. The van der Waals surface area contributed by atoms with Crippen LogP contribution in [0, 0.1) is 0 Å². The Balaban J connectivity index is 1.50. The summed E-state index contributed by atoms with van der Waals surface area (Å²) in [5.41, 5.74) is 2.61. The quantitative estimate of drug-likeness (QED) is 0.632. The van der Waals surface area contributed by atoms with Crippen molar-refractivity contribution >= 4 is 39.1 Å². The smallest absolute Gasteiger partial charge is 0.243 e. The third kappa shape index (κ3) is 5.64. The first-order valence-corrected chi connectivity index (χ1v) is 13.5. The van der Waals surface area contributed by atoms with Crippen LogP contribution in [0.1, 0.15) is 18.4 Å². The van der Waals surface area contributed by atoms with Crippen LogP contribution in [0.5, 0.6) is 0 Å². The molecular weight excluding hydrogens is 446 g/mol. The highest BCUT2D eigenvalue weighted by molar-refractivity contribution is 7.99. The fourth-order valence-corrected chi connectivity index (χ4v) is 6.19. The first-order valence-electron chi connectivity index (χ1n) is 10.9. The van der Waals surface area contributed by atoms with E-state index in [4.69, 9.17) is 4.74 Å². The Morgan fingerprint density at radius 3 is 2.44 bits per heavy atom. The summed E-state index contributed by atoms with van der Waals surface area (Å²) in [6.45, 7) is 3.28. The summed E-state index contributed by atoms with van der Waals surface area (Å²) in [4.78, 5) is 15.1. The Morgan fingerprint density at radius 2 is 1.72 bits per heavy atom. The first-order chi connectivity index (χ1) is 15.5. The molecular formula is C23H29N3O4S2. The Hall–Kier alpha value is -2.07. The highest BCUT2D eigenvalue weighted by Crippen LogP contribution is 2.32. The van der Waals surface area contributed by atoms with Crippen LogP contribution >= 0.6 is 11.8 Å². The van der Waals surface area contributed by atoms with Crippen molar-refractivity contribution in [3.63, 3.8) is 0 Å². The van der Waals surface area contributed by atoms with Crippen LogP contribution in [0.25, 0.3) is 0 Å². The van der Waals surface area contributed by atoms with Gasteiger partial charge in [0.25, 0.3) is 0 Å². The molecule has 2 heterocycles. The molecule has 0 unspecified atom stereocenters. The minimum atomic E-state index is -3.64. The van der Waals surface area contributed by atoms with Gasteiger partial charge in [-0.1, -0.05) is 30.3 Å². The van der Waals surface area contributed by atoms with Gasteiger partial charge in [0.2, 0.25) is 15.9 Å². The largest absolute Gasteiger partial charge is 0.379 e. The van der Waals surface area contributed by atoms with E-state index in [1.54, 1.807) is 12.1 Å². The van der Waals surface area contributed by atoms with Gasteiger partial charge in [0, 0.05) is 31.9 Å². The van der Waals surface area contributed by atoms with Crippen molar-refractivity contribution in [2.75, 3.05) is 55.4 Å². The van der Waals surface area contributed by atoms with E-state index >= 15 is 0 Å². The molecule has 0 aliphatic carbocycles. The number of morpholine rings is 1. The van der Waals surface area contributed by atoms with Gasteiger partial charge in [0.1, 0.15) is 0 Å². The number of thioether (sulfide) groups is 1. The minimum absolute atomic E-state index is 0.132. The number of ether oxygens (including phenoxy) is 1. The summed E-state index contributed by atoms with van der Waals surface area (Å²) < 4.78 is 33.0. The Labute approximate surface area is 194 Å². The molecule has 4 rings (SSSR count). The highest BCUT2D eigenvalue weighted by Gasteiger charge is 2.28. The zero-order chi connectivity index (χ0) is 22.4. The first kappa shape index (κ1) is 23.1. The van der Waals surface area contributed by atoms with Crippen molar-refractivity contribution in [1.29, 1.82) is 0 Å². The standard InChI is InChI=1S/C23H29N3O4S2/c27-23(18-31-17-19-6-2-1-3-7-19)24-21-16-20(8-9-22(21)25-10-4-5-11-25)32(28,29)26-12-14-30-15-13-26/h1-3,6-9,16H,4-5,10-15,17-18H2,(H,24,27). The Kier molecular flexibility index (Phi) is 7.72. The summed E-state index contributed by atoms with van der Waals surface area (Å²) in [5, 5.41) is 2.98. The Morgan fingerprint density at radius 1 is 1.00 bits per heavy atom. The molecule has 2 aromatic carbocycles. The molecule has 0 bridgehead atoms. The second kappa shape index (κ2) is 10.7. The van der Waals surface area contributed by atoms with Crippen molar-refractivity contribution in [1.82, 2.24) is 4.31 Å². The van der Waals surface area contributed by atoms with E-state index in [0.717, 1.165) is 37.4 Å². The predicted molar refractivity (Wildman–Crippen MR) is 129 cm³/mol. The van der Waals surface area contributed by atoms with Crippen LogP contribution in [0.2, 0.25) is 0 Å². The number of amides is 1. The zero-order valence-corrected chi connectivity index (χ0v) is 19.7. The van der Waals surface area contributed by atoms with E-state index in [-0.39, 0.29) is 10.8 Å². The van der Waals surface area contributed by atoms with Gasteiger partial charge in [0.05, 0.1) is 35.2 Å². The number of nitrogens with one attached hydrogen (secondary N) is 1. The summed E-state index contributed by atoms with van der Waals surface area (Å²) in [6.07, 6.45) is 2.18. The van der Waals surface area contributed by atoms with Crippen molar-refractivity contribution in [3.05, 3.63) is 54.1 Å². The molecule has 172 valence electrons. The molecule has 0 aromatic heterocycles. The molecule has 0 saturated carbocycles. The fourth-order valence-electron chi connectivity index (χ4n) is 3.97. The molecule has 1 N–H and O–H groups in total. The normalized spacial score (nSPS) is 17.4. The molecule has 9 heteroatoms. The molecule has 2 saturated heterocycles.